The van der Waals surface area contributed by atoms with Crippen LogP contribution in [-0.2, 0) is 10.3 Å². The Hall–Kier alpha value is -1.20. The number of halogens is 1. The molecule has 1 saturated heterocycles. The lowest BCUT2D eigenvalue weighted by atomic mass is 9.65. The van der Waals surface area contributed by atoms with E-state index in [1.165, 1.54) is 24.8 Å². The number of hydrogen-bond donors (Lipinski definition) is 1. The van der Waals surface area contributed by atoms with Crippen molar-refractivity contribution >= 4 is 15.9 Å². The zero-order chi connectivity index (χ0) is 20.1. The molecule has 0 aromatic heterocycles. The summed E-state index contributed by atoms with van der Waals surface area (Å²) in [4.78, 5) is 2.47. The van der Waals surface area contributed by atoms with Gasteiger partial charge in [0.25, 0.3) is 0 Å². The van der Waals surface area contributed by atoms with Crippen LogP contribution in [0.15, 0.2) is 59.1 Å². The van der Waals surface area contributed by atoms with E-state index < -0.39 is 5.60 Å². The summed E-state index contributed by atoms with van der Waals surface area (Å²) in [5.41, 5.74) is 1.41. The summed E-state index contributed by atoms with van der Waals surface area (Å²) in [5.74, 6) is 0.315. The van der Waals surface area contributed by atoms with Gasteiger partial charge in [-0.3, -0.25) is 4.90 Å². The predicted octanol–water partition coefficient (Wildman–Crippen LogP) is 5.33. The lowest BCUT2D eigenvalue weighted by Crippen LogP contribution is -2.48. The van der Waals surface area contributed by atoms with E-state index in [1.54, 1.807) is 0 Å². The number of morpholine rings is 1. The molecule has 0 spiro atoms. The molecule has 3 nitrogen and oxygen atoms in total. The fourth-order valence-electron chi connectivity index (χ4n) is 5.21. The molecule has 0 unspecified atom stereocenters. The molecule has 1 aliphatic heterocycles. The van der Waals surface area contributed by atoms with Crippen molar-refractivity contribution in [2.24, 2.45) is 5.92 Å². The molecule has 1 saturated carbocycles. The van der Waals surface area contributed by atoms with Gasteiger partial charge in [-0.25, -0.2) is 0 Å². The summed E-state index contributed by atoms with van der Waals surface area (Å²) in [6, 6.07) is 19.0. The molecule has 1 aliphatic carbocycles. The van der Waals surface area contributed by atoms with Crippen molar-refractivity contribution in [2.45, 2.75) is 43.6 Å². The maximum Gasteiger partial charge on any atom is 0.100 e. The minimum atomic E-state index is -0.874. The van der Waals surface area contributed by atoms with E-state index in [-0.39, 0.29) is 11.8 Å². The molecule has 2 fully saturated rings. The molecule has 1 heterocycles. The third kappa shape index (κ3) is 4.77. The van der Waals surface area contributed by atoms with Crippen LogP contribution in [0.5, 0.6) is 0 Å². The third-order valence-electron chi connectivity index (χ3n) is 6.81. The van der Waals surface area contributed by atoms with E-state index >= 15 is 0 Å². The zero-order valence-corrected chi connectivity index (χ0v) is 18.7. The van der Waals surface area contributed by atoms with Gasteiger partial charge in [-0.05, 0) is 42.0 Å². The van der Waals surface area contributed by atoms with E-state index in [0.29, 0.717) is 0 Å². The highest BCUT2D eigenvalue weighted by atomic mass is 79.9. The van der Waals surface area contributed by atoms with Crippen molar-refractivity contribution in [1.82, 2.24) is 4.90 Å². The summed E-state index contributed by atoms with van der Waals surface area (Å²) >= 11 is 3.57. The summed E-state index contributed by atoms with van der Waals surface area (Å²) < 4.78 is 6.63. The zero-order valence-electron chi connectivity index (χ0n) is 17.1. The molecule has 2 atom stereocenters. The minimum absolute atomic E-state index is 0.0334. The molecule has 0 bridgehead atoms. The van der Waals surface area contributed by atoms with E-state index in [4.69, 9.17) is 4.74 Å². The number of hydrogen-bond acceptors (Lipinski definition) is 3. The van der Waals surface area contributed by atoms with Crippen LogP contribution in [0.1, 0.15) is 49.1 Å². The first kappa shape index (κ1) is 21.0. The average Bonchev–Trinajstić information content (AvgIpc) is 2.79. The van der Waals surface area contributed by atoms with Gasteiger partial charge in [0, 0.05) is 30.0 Å². The van der Waals surface area contributed by atoms with Gasteiger partial charge in [-0.15, -0.1) is 0 Å². The lowest BCUT2D eigenvalue weighted by molar-refractivity contribution is -0.0758. The van der Waals surface area contributed by atoms with Gasteiger partial charge in [-0.2, -0.15) is 0 Å². The lowest BCUT2D eigenvalue weighted by Gasteiger charge is -2.46. The Labute approximate surface area is 183 Å². The Morgan fingerprint density at radius 1 is 0.966 bits per heavy atom. The van der Waals surface area contributed by atoms with Gasteiger partial charge in [-0.1, -0.05) is 77.7 Å². The SMILES string of the molecule is O[C@](c1ccc(Br)cc1)(C1CCCCC1)[C@H](CN1CCOCC1)c1ccccc1. The van der Waals surface area contributed by atoms with Crippen LogP contribution in [0.4, 0.5) is 0 Å². The molecule has 2 aromatic carbocycles. The van der Waals surface area contributed by atoms with Crippen LogP contribution in [0.25, 0.3) is 0 Å². The van der Waals surface area contributed by atoms with Crippen LogP contribution >= 0.6 is 15.9 Å². The first-order chi connectivity index (χ1) is 14.2. The number of rotatable bonds is 6. The second-order valence-corrected chi connectivity index (χ2v) is 9.46. The molecule has 4 heteroatoms. The first-order valence-corrected chi connectivity index (χ1v) is 11.8. The van der Waals surface area contributed by atoms with Crippen molar-refractivity contribution < 1.29 is 9.84 Å². The van der Waals surface area contributed by atoms with Crippen LogP contribution < -0.4 is 0 Å². The standard InChI is InChI=1S/C25H32BrNO2/c26-23-13-11-22(12-14-23)25(28,21-9-5-2-6-10-21)24(20-7-3-1-4-8-20)19-27-15-17-29-18-16-27/h1,3-4,7-8,11-14,21,24,28H,2,5-6,9-10,15-19H2/t24-,25+/m1/s1. The van der Waals surface area contributed by atoms with Crippen molar-refractivity contribution in [3.05, 3.63) is 70.2 Å². The Bertz CT molecular complexity index is 754. The summed E-state index contributed by atoms with van der Waals surface area (Å²) in [6.45, 7) is 4.29. The van der Waals surface area contributed by atoms with Gasteiger partial charge in [0.05, 0.1) is 13.2 Å². The van der Waals surface area contributed by atoms with Crippen LogP contribution in [-0.4, -0.2) is 42.9 Å². The fraction of sp³-hybridized carbons (Fsp3) is 0.520. The van der Waals surface area contributed by atoms with E-state index in [2.05, 4.69) is 75.4 Å². The number of benzene rings is 2. The van der Waals surface area contributed by atoms with Gasteiger partial charge in [0.15, 0.2) is 0 Å². The molecule has 4 rings (SSSR count). The maximum atomic E-state index is 12.6. The predicted molar refractivity (Wildman–Crippen MR) is 121 cm³/mol. The Balaban J connectivity index is 1.76. The molecular formula is C25H32BrNO2. The topological polar surface area (TPSA) is 32.7 Å². The largest absolute Gasteiger partial charge is 0.384 e. The van der Waals surface area contributed by atoms with Crippen LogP contribution in [0.2, 0.25) is 0 Å². The van der Waals surface area contributed by atoms with Crippen LogP contribution in [0, 0.1) is 5.92 Å². The van der Waals surface area contributed by atoms with E-state index in [1.807, 2.05) is 0 Å². The molecule has 0 amide bonds. The van der Waals surface area contributed by atoms with E-state index in [9.17, 15) is 5.11 Å². The highest BCUT2D eigenvalue weighted by Gasteiger charge is 2.46. The molecule has 0 radical (unpaired) electrons. The van der Waals surface area contributed by atoms with E-state index in [0.717, 1.165) is 55.7 Å². The summed E-state index contributed by atoms with van der Waals surface area (Å²) in [5, 5.41) is 12.6. The Kier molecular flexibility index (Phi) is 7.07. The number of aliphatic hydroxyl groups is 1. The molecule has 29 heavy (non-hydrogen) atoms. The summed E-state index contributed by atoms with van der Waals surface area (Å²) in [7, 11) is 0. The van der Waals surface area contributed by atoms with Gasteiger partial charge < -0.3 is 9.84 Å². The molecule has 156 valence electrons. The Morgan fingerprint density at radius 2 is 1.62 bits per heavy atom. The van der Waals surface area contributed by atoms with Crippen molar-refractivity contribution in [1.29, 1.82) is 0 Å². The monoisotopic (exact) mass is 457 g/mol. The van der Waals surface area contributed by atoms with Gasteiger partial charge >= 0.3 is 0 Å². The van der Waals surface area contributed by atoms with Crippen molar-refractivity contribution in [2.75, 3.05) is 32.8 Å². The highest BCUT2D eigenvalue weighted by Crippen LogP contribution is 2.48. The second-order valence-electron chi connectivity index (χ2n) is 8.54. The molecule has 2 aromatic rings. The first-order valence-electron chi connectivity index (χ1n) is 11.0. The van der Waals surface area contributed by atoms with Gasteiger partial charge in [0.1, 0.15) is 5.60 Å². The number of ether oxygens (including phenoxy) is 1. The Morgan fingerprint density at radius 3 is 2.28 bits per heavy atom. The quantitative estimate of drug-likeness (QED) is 0.635. The van der Waals surface area contributed by atoms with Crippen molar-refractivity contribution in [3.8, 4) is 0 Å². The smallest absolute Gasteiger partial charge is 0.100 e. The molecule has 1 N–H and O–H groups in total. The van der Waals surface area contributed by atoms with Crippen LogP contribution in [0.3, 0.4) is 0 Å². The fourth-order valence-corrected chi connectivity index (χ4v) is 5.47. The highest BCUT2D eigenvalue weighted by molar-refractivity contribution is 9.10. The average molecular weight is 458 g/mol. The van der Waals surface area contributed by atoms with Gasteiger partial charge in [0.2, 0.25) is 0 Å². The van der Waals surface area contributed by atoms with Crippen molar-refractivity contribution in [3.63, 3.8) is 0 Å². The number of nitrogens with zero attached hydrogens (tertiary/aromatic N) is 1. The molecular weight excluding hydrogens is 426 g/mol. The summed E-state index contributed by atoms with van der Waals surface area (Å²) in [6.07, 6.45) is 5.90. The third-order valence-corrected chi connectivity index (χ3v) is 7.34. The maximum absolute atomic E-state index is 12.6. The normalized spacial score (nSPS) is 22.1. The second kappa shape index (κ2) is 9.74. The molecule has 2 aliphatic rings. The minimum Gasteiger partial charge on any atom is -0.384 e.